The number of carboxylic acids is 1. The molecule has 5 rings (SSSR count). The van der Waals surface area contributed by atoms with Crippen molar-refractivity contribution in [3.63, 3.8) is 0 Å². The maximum absolute atomic E-state index is 12.0. The van der Waals surface area contributed by atoms with Crippen LogP contribution in [-0.2, 0) is 17.9 Å². The average Bonchev–Trinajstić information content (AvgIpc) is 2.98. The summed E-state index contributed by atoms with van der Waals surface area (Å²) in [6.07, 6.45) is 7.00. The molecular formula is C36H36INO3. The number of carbonyl (C=O) groups is 1. The second-order valence-electron chi connectivity index (χ2n) is 10.7. The molecule has 1 atom stereocenters. The van der Waals surface area contributed by atoms with Gasteiger partial charge in [0.25, 0.3) is 0 Å². The number of halogens is 1. The lowest BCUT2D eigenvalue weighted by molar-refractivity contribution is -0.144. The Kier molecular flexibility index (Phi) is 9.57. The number of benzene rings is 4. The Labute approximate surface area is 256 Å². The minimum atomic E-state index is -0.740. The molecule has 1 N–H and O–H groups in total. The monoisotopic (exact) mass is 657 g/mol. The van der Waals surface area contributed by atoms with E-state index < -0.39 is 12.0 Å². The minimum absolute atomic E-state index is 0.452. The third-order valence-electron chi connectivity index (χ3n) is 7.97. The normalized spacial score (nSPS) is 15.7. The highest BCUT2D eigenvalue weighted by Gasteiger charge is 2.29. The molecule has 0 aliphatic carbocycles. The van der Waals surface area contributed by atoms with E-state index in [1.807, 2.05) is 18.2 Å². The second kappa shape index (κ2) is 13.5. The zero-order valence-electron chi connectivity index (χ0n) is 23.6. The van der Waals surface area contributed by atoms with E-state index in [4.69, 9.17) is 4.74 Å². The summed E-state index contributed by atoms with van der Waals surface area (Å²) in [5, 5.41) is 9.85. The summed E-state index contributed by atoms with van der Waals surface area (Å²) < 4.78 is 7.64. The lowest BCUT2D eigenvalue weighted by atomic mass is 9.95. The quantitative estimate of drug-likeness (QED) is 0.145. The Balaban J connectivity index is 1.47. The third kappa shape index (κ3) is 7.08. The molecule has 0 bridgehead atoms. The molecule has 41 heavy (non-hydrogen) atoms. The van der Waals surface area contributed by atoms with Crippen LogP contribution in [0.25, 0.3) is 23.3 Å². The molecule has 4 nitrogen and oxygen atoms in total. The largest absolute Gasteiger partial charge is 0.489 e. The fourth-order valence-electron chi connectivity index (χ4n) is 5.59. The van der Waals surface area contributed by atoms with Crippen molar-refractivity contribution in [1.29, 1.82) is 0 Å². The number of carboxylic acid groups (broad SMARTS) is 1. The first-order chi connectivity index (χ1) is 19.9. The van der Waals surface area contributed by atoms with E-state index in [1.165, 1.54) is 22.3 Å². The molecule has 1 fully saturated rings. The molecule has 0 aromatic heterocycles. The molecule has 0 radical (unpaired) electrons. The first kappa shape index (κ1) is 29.1. The van der Waals surface area contributed by atoms with E-state index in [2.05, 4.69) is 120 Å². The average molecular weight is 658 g/mol. The fraction of sp³-hybridized carbons (Fsp3) is 0.250. The van der Waals surface area contributed by atoms with Crippen molar-refractivity contribution in [1.82, 2.24) is 4.90 Å². The molecule has 1 aliphatic heterocycles. The van der Waals surface area contributed by atoms with Gasteiger partial charge in [0.1, 0.15) is 18.4 Å². The number of piperidine rings is 1. The van der Waals surface area contributed by atoms with Crippen LogP contribution in [-0.4, -0.2) is 28.6 Å². The smallest absolute Gasteiger partial charge is 0.320 e. The second-order valence-corrected chi connectivity index (χ2v) is 11.9. The van der Waals surface area contributed by atoms with Crippen molar-refractivity contribution in [3.8, 4) is 16.9 Å². The lowest BCUT2D eigenvalue weighted by Crippen LogP contribution is -2.44. The number of ether oxygens (including phenoxy) is 1. The molecule has 4 aromatic rings. The van der Waals surface area contributed by atoms with Crippen molar-refractivity contribution in [3.05, 3.63) is 122 Å². The number of rotatable bonds is 9. The van der Waals surface area contributed by atoms with E-state index in [9.17, 15) is 9.90 Å². The van der Waals surface area contributed by atoms with E-state index in [-0.39, 0.29) is 0 Å². The number of hydrogen-bond acceptors (Lipinski definition) is 3. The Morgan fingerprint density at radius 3 is 2.46 bits per heavy atom. The topological polar surface area (TPSA) is 49.8 Å². The molecular weight excluding hydrogens is 621 g/mol. The summed E-state index contributed by atoms with van der Waals surface area (Å²) in [6.45, 7) is 6.08. The van der Waals surface area contributed by atoms with Crippen LogP contribution in [0.3, 0.4) is 0 Å². The summed E-state index contributed by atoms with van der Waals surface area (Å²) in [6, 6.07) is 29.0. The van der Waals surface area contributed by atoms with Gasteiger partial charge in [0.05, 0.1) is 0 Å². The molecule has 210 valence electrons. The van der Waals surface area contributed by atoms with Gasteiger partial charge >= 0.3 is 5.97 Å². The Morgan fingerprint density at radius 2 is 1.68 bits per heavy atom. The van der Waals surface area contributed by atoms with Crippen molar-refractivity contribution in [2.24, 2.45) is 0 Å². The van der Waals surface area contributed by atoms with E-state index in [1.54, 1.807) is 0 Å². The number of nitrogens with zero attached hydrogens (tertiary/aromatic N) is 1. The number of hydrogen-bond donors (Lipinski definition) is 1. The van der Waals surface area contributed by atoms with Gasteiger partial charge in [0.2, 0.25) is 0 Å². The predicted molar refractivity (Wildman–Crippen MR) is 176 cm³/mol. The van der Waals surface area contributed by atoms with Gasteiger partial charge < -0.3 is 9.84 Å². The van der Waals surface area contributed by atoms with Crippen molar-refractivity contribution >= 4 is 40.7 Å². The van der Waals surface area contributed by atoms with Crippen LogP contribution in [0.1, 0.15) is 52.6 Å². The first-order valence-corrected chi connectivity index (χ1v) is 15.3. The Morgan fingerprint density at radius 1 is 0.927 bits per heavy atom. The summed E-state index contributed by atoms with van der Waals surface area (Å²) >= 11 is 2.34. The van der Waals surface area contributed by atoms with Crippen LogP contribution in [0.4, 0.5) is 0 Å². The molecule has 4 aromatic carbocycles. The summed E-state index contributed by atoms with van der Waals surface area (Å²) in [7, 11) is 0. The van der Waals surface area contributed by atoms with Crippen LogP contribution in [0.15, 0.2) is 84.9 Å². The van der Waals surface area contributed by atoms with Gasteiger partial charge in [-0.25, -0.2) is 0 Å². The van der Waals surface area contributed by atoms with Gasteiger partial charge in [-0.1, -0.05) is 91.4 Å². The van der Waals surface area contributed by atoms with E-state index in [0.29, 0.717) is 19.6 Å². The van der Waals surface area contributed by atoms with Crippen LogP contribution in [0, 0.1) is 17.4 Å². The number of aliphatic carboxylic acids is 1. The van der Waals surface area contributed by atoms with Crippen LogP contribution < -0.4 is 4.74 Å². The number of likely N-dealkylation sites (tertiary alicyclic amines) is 1. The molecule has 1 aliphatic rings. The molecule has 0 unspecified atom stereocenters. The lowest BCUT2D eigenvalue weighted by Gasteiger charge is -2.33. The van der Waals surface area contributed by atoms with Crippen LogP contribution >= 0.6 is 22.6 Å². The summed E-state index contributed by atoms with van der Waals surface area (Å²) in [5.74, 6) is 0.0646. The highest BCUT2D eigenvalue weighted by Crippen LogP contribution is 2.31. The van der Waals surface area contributed by atoms with Gasteiger partial charge in [-0.3, -0.25) is 9.69 Å². The van der Waals surface area contributed by atoms with Crippen molar-refractivity contribution in [2.45, 2.75) is 52.3 Å². The summed E-state index contributed by atoms with van der Waals surface area (Å²) in [4.78, 5) is 14.1. The minimum Gasteiger partial charge on any atom is -0.489 e. The van der Waals surface area contributed by atoms with Crippen molar-refractivity contribution < 1.29 is 14.6 Å². The predicted octanol–water partition coefficient (Wildman–Crippen LogP) is 8.76. The van der Waals surface area contributed by atoms with Gasteiger partial charge in [-0.15, -0.1) is 0 Å². The first-order valence-electron chi connectivity index (χ1n) is 14.2. The molecule has 0 spiro atoms. The zero-order valence-corrected chi connectivity index (χ0v) is 25.8. The third-order valence-corrected chi connectivity index (χ3v) is 9.02. The van der Waals surface area contributed by atoms with Gasteiger partial charge in [0, 0.05) is 21.2 Å². The molecule has 1 heterocycles. The maximum atomic E-state index is 12.0. The van der Waals surface area contributed by atoms with E-state index in [0.717, 1.165) is 51.0 Å². The van der Waals surface area contributed by atoms with Gasteiger partial charge in [-0.2, -0.15) is 0 Å². The van der Waals surface area contributed by atoms with Crippen LogP contribution in [0.2, 0.25) is 0 Å². The molecule has 0 saturated carbocycles. The van der Waals surface area contributed by atoms with Crippen LogP contribution in [0.5, 0.6) is 5.75 Å². The van der Waals surface area contributed by atoms with Crippen molar-refractivity contribution in [2.75, 3.05) is 6.54 Å². The standard InChI is InChI=1S/C36H36INO3/c1-25-21-31(23-38-20-9-8-17-34(38)36(39)40)35(41-24-30-13-6-7-16-33(30)37)22-29(25)19-18-27-14-10-15-32(26(27)2)28-11-4-3-5-12-28/h3-7,10-16,18-19,21-22,34H,8-9,17,20,23-24H2,1-2H3,(H,39,40)/b19-18+/t34-/m0/s1. The van der Waals surface area contributed by atoms with Gasteiger partial charge in [-0.05, 0) is 101 Å². The molecule has 1 saturated heterocycles. The zero-order chi connectivity index (χ0) is 28.8. The summed E-state index contributed by atoms with van der Waals surface area (Å²) in [5.41, 5.74) is 9.24. The Hall–Kier alpha value is -3.42. The maximum Gasteiger partial charge on any atom is 0.320 e. The number of aryl methyl sites for hydroxylation is 1. The highest BCUT2D eigenvalue weighted by molar-refractivity contribution is 14.1. The van der Waals surface area contributed by atoms with E-state index >= 15 is 0 Å². The molecule has 5 heteroatoms. The Bertz CT molecular complexity index is 1550. The SMILES string of the molecule is Cc1cc(CN2CCCC[C@H]2C(=O)O)c(OCc2ccccc2I)cc1/C=C/c1cccc(-c2ccccc2)c1C. The fourth-order valence-corrected chi connectivity index (χ4v) is 6.14. The highest BCUT2D eigenvalue weighted by atomic mass is 127. The molecule has 0 amide bonds. The van der Waals surface area contributed by atoms with Gasteiger partial charge in [0.15, 0.2) is 0 Å².